The van der Waals surface area contributed by atoms with Crippen molar-refractivity contribution >= 4 is 15.8 Å². The van der Waals surface area contributed by atoms with Gasteiger partial charge in [-0.2, -0.15) is 0 Å². The summed E-state index contributed by atoms with van der Waals surface area (Å²) in [6.45, 7) is 0. The molecule has 0 atom stereocenters. The van der Waals surface area contributed by atoms with Gasteiger partial charge in [-0.3, -0.25) is 5.32 Å². The maximum Gasteiger partial charge on any atom is 0.237 e. The fraction of sp³-hybridized carbons (Fsp3) is 0. The lowest BCUT2D eigenvalue weighted by Crippen LogP contribution is -2.12. The average molecular weight is 185 g/mol. The first kappa shape index (κ1) is 8.82. The summed E-state index contributed by atoms with van der Waals surface area (Å²) in [5.74, 6) is 0.363. The van der Waals surface area contributed by atoms with Crippen LogP contribution in [0, 0.1) is 7.05 Å². The number of sulfonamides is 1. The van der Waals surface area contributed by atoms with Crippen LogP contribution in [0.25, 0.3) is 5.32 Å². The van der Waals surface area contributed by atoms with E-state index in [1.165, 1.54) is 12.1 Å². The third-order valence-corrected chi connectivity index (χ3v) is 2.11. The van der Waals surface area contributed by atoms with Crippen LogP contribution in [-0.2, 0) is 10.0 Å². The van der Waals surface area contributed by atoms with Crippen molar-refractivity contribution < 1.29 is 8.42 Å². The number of pyridine rings is 1. The van der Waals surface area contributed by atoms with E-state index in [2.05, 4.69) is 17.3 Å². The minimum atomic E-state index is -3.65. The van der Waals surface area contributed by atoms with Crippen LogP contribution in [-0.4, -0.2) is 13.4 Å². The number of hydrogen-bond acceptors (Lipinski definition) is 3. The van der Waals surface area contributed by atoms with Gasteiger partial charge in [-0.15, -0.1) is 0 Å². The van der Waals surface area contributed by atoms with Gasteiger partial charge in [-0.25, -0.2) is 13.6 Å². The molecule has 0 aliphatic heterocycles. The molecule has 0 aromatic carbocycles. The second-order valence-electron chi connectivity index (χ2n) is 2.06. The van der Waals surface area contributed by atoms with Gasteiger partial charge in [0.1, 0.15) is 0 Å². The van der Waals surface area contributed by atoms with Crippen molar-refractivity contribution in [2.75, 3.05) is 0 Å². The number of rotatable bonds is 2. The van der Waals surface area contributed by atoms with Crippen LogP contribution >= 0.6 is 0 Å². The summed E-state index contributed by atoms with van der Waals surface area (Å²) in [7, 11) is -0.423. The maximum atomic E-state index is 10.7. The number of nitrogens with zero attached hydrogens (tertiary/aromatic N) is 2. The van der Waals surface area contributed by atoms with Crippen LogP contribution in [0.3, 0.4) is 0 Å². The first-order valence-corrected chi connectivity index (χ1v) is 4.54. The van der Waals surface area contributed by atoms with Gasteiger partial charge in [-0.05, 0) is 11.9 Å². The molecule has 1 rings (SSSR count). The largest absolute Gasteiger partial charge is 0.439 e. The van der Waals surface area contributed by atoms with Gasteiger partial charge in [-0.1, -0.05) is 12.3 Å². The van der Waals surface area contributed by atoms with Crippen LogP contribution in [0.15, 0.2) is 23.2 Å². The molecule has 1 heterocycles. The zero-order chi connectivity index (χ0) is 9.19. The molecule has 12 heavy (non-hydrogen) atoms. The maximum absolute atomic E-state index is 10.7. The Kier molecular flexibility index (Phi) is 2.20. The summed E-state index contributed by atoms with van der Waals surface area (Å²) in [5.41, 5.74) is 0. The fourth-order valence-corrected chi connectivity index (χ4v) is 1.09. The molecule has 1 aromatic heterocycles. The predicted octanol–water partition coefficient (Wildman–Crippen LogP) is 0.526. The SMILES string of the molecule is [CH2+][N-]c1ccc(S(N)(=O)=O)cn1. The van der Waals surface area contributed by atoms with Crippen LogP contribution < -0.4 is 5.14 Å². The lowest BCUT2D eigenvalue weighted by molar-refractivity contribution is 0.597. The van der Waals surface area contributed by atoms with E-state index in [-0.39, 0.29) is 4.90 Å². The Morgan fingerprint density at radius 3 is 2.50 bits per heavy atom. The highest BCUT2D eigenvalue weighted by atomic mass is 32.2. The lowest BCUT2D eigenvalue weighted by atomic mass is 10.5. The quantitative estimate of drug-likeness (QED) is 0.681. The van der Waals surface area contributed by atoms with Crippen molar-refractivity contribution in [3.8, 4) is 0 Å². The fourth-order valence-electron chi connectivity index (χ4n) is 0.634. The summed E-state index contributed by atoms with van der Waals surface area (Å²) >= 11 is 0. The van der Waals surface area contributed by atoms with E-state index in [1.54, 1.807) is 0 Å². The first-order chi connectivity index (χ1) is 5.54. The molecule has 0 amide bonds. The van der Waals surface area contributed by atoms with E-state index in [9.17, 15) is 8.42 Å². The number of aromatic nitrogens is 1. The highest BCUT2D eigenvalue weighted by molar-refractivity contribution is 7.89. The molecular weight excluding hydrogens is 178 g/mol. The monoisotopic (exact) mass is 185 g/mol. The number of nitrogens with two attached hydrogens (primary N) is 1. The molecule has 6 heteroatoms. The number of hydrogen-bond donors (Lipinski definition) is 1. The Bertz CT molecular complexity index is 357. The second kappa shape index (κ2) is 3.00. The van der Waals surface area contributed by atoms with E-state index in [0.29, 0.717) is 5.82 Å². The summed E-state index contributed by atoms with van der Waals surface area (Å²) in [6, 6.07) is 2.75. The van der Waals surface area contributed by atoms with Gasteiger partial charge in [0.05, 0.1) is 11.9 Å². The van der Waals surface area contributed by atoms with E-state index >= 15 is 0 Å². The molecule has 0 aliphatic carbocycles. The third kappa shape index (κ3) is 1.86. The van der Waals surface area contributed by atoms with Crippen LogP contribution in [0.4, 0.5) is 5.82 Å². The summed E-state index contributed by atoms with van der Waals surface area (Å²) in [4.78, 5) is 3.64. The normalized spacial score (nSPS) is 11.1. The third-order valence-electron chi connectivity index (χ3n) is 1.21. The first-order valence-electron chi connectivity index (χ1n) is 2.99. The van der Waals surface area contributed by atoms with Crippen LogP contribution in [0.2, 0.25) is 0 Å². The zero-order valence-corrected chi connectivity index (χ0v) is 6.95. The summed E-state index contributed by atoms with van der Waals surface area (Å²) < 4.78 is 21.4. The second-order valence-corrected chi connectivity index (χ2v) is 3.62. The van der Waals surface area contributed by atoms with Crippen molar-refractivity contribution in [2.45, 2.75) is 4.90 Å². The molecule has 0 aliphatic rings. The van der Waals surface area contributed by atoms with Gasteiger partial charge in [0.15, 0.2) is 0 Å². The van der Waals surface area contributed by atoms with Gasteiger partial charge < -0.3 is 4.98 Å². The van der Waals surface area contributed by atoms with Gasteiger partial charge in [0, 0.05) is 0 Å². The highest BCUT2D eigenvalue weighted by Gasteiger charge is 2.03. The minimum absolute atomic E-state index is 0.0325. The molecule has 1 aromatic rings. The van der Waals surface area contributed by atoms with Gasteiger partial charge in [0.2, 0.25) is 10.0 Å². The van der Waals surface area contributed by atoms with Crippen LogP contribution in [0.5, 0.6) is 0 Å². The Hall–Kier alpha value is -1.27. The van der Waals surface area contributed by atoms with E-state index < -0.39 is 10.0 Å². The molecule has 0 unspecified atom stereocenters. The zero-order valence-electron chi connectivity index (χ0n) is 6.14. The smallest absolute Gasteiger partial charge is 0.237 e. The molecular formula is C6H7N3O2S. The van der Waals surface area contributed by atoms with E-state index in [1.807, 2.05) is 0 Å². The summed E-state index contributed by atoms with van der Waals surface area (Å²) in [5, 5.41) is 8.33. The van der Waals surface area contributed by atoms with Crippen molar-refractivity contribution in [2.24, 2.45) is 5.14 Å². The number of primary sulfonamides is 1. The molecule has 64 valence electrons. The Labute approximate surface area is 70.7 Å². The lowest BCUT2D eigenvalue weighted by Gasteiger charge is -2.04. The molecule has 0 spiro atoms. The Morgan fingerprint density at radius 1 is 1.50 bits per heavy atom. The highest BCUT2D eigenvalue weighted by Crippen LogP contribution is 2.14. The molecule has 0 saturated carbocycles. The summed E-state index contributed by atoms with van der Waals surface area (Å²) in [6.07, 6.45) is 1.14. The van der Waals surface area contributed by atoms with Crippen molar-refractivity contribution in [1.29, 1.82) is 0 Å². The van der Waals surface area contributed by atoms with Gasteiger partial charge >= 0.3 is 0 Å². The topological polar surface area (TPSA) is 87.2 Å². The average Bonchev–Trinajstić information content (AvgIpc) is 2.03. The molecule has 0 bridgehead atoms. The molecule has 2 N–H and O–H groups in total. The predicted molar refractivity (Wildman–Crippen MR) is 44.0 cm³/mol. The molecule has 0 saturated heterocycles. The van der Waals surface area contributed by atoms with E-state index in [0.717, 1.165) is 6.20 Å². The van der Waals surface area contributed by atoms with Crippen molar-refractivity contribution in [1.82, 2.24) is 4.98 Å². The molecule has 0 fully saturated rings. The Balaban J connectivity index is 3.09. The standard InChI is InChI=1S/C6H7N3O2S/c1-8-6-3-2-5(4-9-6)12(7,10)11/h2-4H,1H2,(H2-,7,8,9,10,11). The van der Waals surface area contributed by atoms with E-state index in [4.69, 9.17) is 5.14 Å². The van der Waals surface area contributed by atoms with Gasteiger partial charge in [0.25, 0.3) is 0 Å². The minimum Gasteiger partial charge on any atom is -0.439 e. The van der Waals surface area contributed by atoms with Crippen molar-refractivity contribution in [3.63, 3.8) is 0 Å². The van der Waals surface area contributed by atoms with Crippen LogP contribution in [0.1, 0.15) is 0 Å². The molecule has 5 nitrogen and oxygen atoms in total. The van der Waals surface area contributed by atoms with Crippen molar-refractivity contribution in [3.05, 3.63) is 30.7 Å². The Morgan fingerprint density at radius 2 is 2.17 bits per heavy atom. The molecule has 0 radical (unpaired) electrons.